The van der Waals surface area contributed by atoms with Gasteiger partial charge in [-0.2, -0.15) is 0 Å². The number of hydrogen-bond donors (Lipinski definition) is 2. The molecule has 0 spiro atoms. The molecule has 0 saturated heterocycles. The molecule has 1 unspecified atom stereocenters. The number of benzene rings is 2. The number of anilines is 1. The summed E-state index contributed by atoms with van der Waals surface area (Å²) in [6.07, 6.45) is -0.420. The maximum absolute atomic E-state index is 12.1. The maximum atomic E-state index is 12.1. The number of aryl methyl sites for hydroxylation is 1. The molecule has 0 saturated carbocycles. The number of aliphatic hydroxyl groups excluding tert-OH is 1. The van der Waals surface area contributed by atoms with Crippen LogP contribution >= 0.6 is 0 Å². The van der Waals surface area contributed by atoms with Gasteiger partial charge in [0.1, 0.15) is 0 Å². The van der Waals surface area contributed by atoms with Gasteiger partial charge in [0, 0.05) is 26.3 Å². The van der Waals surface area contributed by atoms with Gasteiger partial charge in [-0.1, -0.05) is 42.5 Å². The Hall–Kier alpha value is -1.89. The average molecular weight is 348 g/mol. The van der Waals surface area contributed by atoms with Crippen molar-refractivity contribution < 1.29 is 13.5 Å². The number of nitrogens with zero attached hydrogens (tertiary/aromatic N) is 1. The molecule has 130 valence electrons. The molecule has 2 rings (SSSR count). The topological polar surface area (TPSA) is 69.6 Å². The van der Waals surface area contributed by atoms with Crippen LogP contribution in [0.25, 0.3) is 0 Å². The second-order valence-corrected chi connectivity index (χ2v) is 7.83. The molecule has 2 N–H and O–H groups in total. The maximum Gasteiger partial charge on any atom is 0.212 e. The van der Waals surface area contributed by atoms with Crippen LogP contribution in [0.3, 0.4) is 0 Å². The van der Waals surface area contributed by atoms with Gasteiger partial charge in [-0.25, -0.2) is 13.1 Å². The van der Waals surface area contributed by atoms with Crippen LogP contribution in [0.5, 0.6) is 0 Å². The van der Waals surface area contributed by atoms with E-state index in [4.69, 9.17) is 0 Å². The summed E-state index contributed by atoms with van der Waals surface area (Å²) in [4.78, 5) is 1.96. The van der Waals surface area contributed by atoms with E-state index in [9.17, 15) is 13.5 Å². The van der Waals surface area contributed by atoms with Gasteiger partial charge in [-0.05, 0) is 29.7 Å². The highest BCUT2D eigenvalue weighted by molar-refractivity contribution is 7.89. The SMILES string of the molecule is CN(C)c1ccc(C(O)CNS(=O)(=O)CCc2ccccc2)cc1. The van der Waals surface area contributed by atoms with Crippen molar-refractivity contribution in [1.82, 2.24) is 4.72 Å². The van der Waals surface area contributed by atoms with Gasteiger partial charge in [0.05, 0.1) is 11.9 Å². The summed E-state index contributed by atoms with van der Waals surface area (Å²) in [6.45, 7) is -0.0293. The molecule has 0 aromatic heterocycles. The Balaban J connectivity index is 1.86. The zero-order chi connectivity index (χ0) is 17.6. The molecule has 0 radical (unpaired) electrons. The molecule has 6 heteroatoms. The quantitative estimate of drug-likeness (QED) is 0.765. The monoisotopic (exact) mass is 348 g/mol. The highest BCUT2D eigenvalue weighted by atomic mass is 32.2. The molecule has 0 fully saturated rings. The second kappa shape index (κ2) is 8.28. The predicted molar refractivity (Wildman–Crippen MR) is 97.7 cm³/mol. The van der Waals surface area contributed by atoms with Gasteiger partial charge in [-0.15, -0.1) is 0 Å². The fourth-order valence-electron chi connectivity index (χ4n) is 2.29. The number of aliphatic hydroxyl groups is 1. The predicted octanol–water partition coefficient (Wildman–Crippen LogP) is 1.95. The average Bonchev–Trinajstić information content (AvgIpc) is 2.59. The summed E-state index contributed by atoms with van der Waals surface area (Å²) < 4.78 is 26.6. The van der Waals surface area contributed by atoms with Gasteiger partial charge in [-0.3, -0.25) is 0 Å². The minimum atomic E-state index is -3.42. The normalized spacial score (nSPS) is 12.8. The summed E-state index contributed by atoms with van der Waals surface area (Å²) in [5, 5.41) is 10.2. The third-order valence-corrected chi connectivity index (χ3v) is 5.14. The number of nitrogens with one attached hydrogen (secondary N) is 1. The molecule has 24 heavy (non-hydrogen) atoms. The molecule has 1 atom stereocenters. The summed E-state index contributed by atoms with van der Waals surface area (Å²) >= 11 is 0. The van der Waals surface area contributed by atoms with Gasteiger partial charge in [0.15, 0.2) is 0 Å². The lowest BCUT2D eigenvalue weighted by Gasteiger charge is -2.16. The lowest BCUT2D eigenvalue weighted by atomic mass is 10.1. The second-order valence-electron chi connectivity index (χ2n) is 5.90. The van der Waals surface area contributed by atoms with Crippen LogP contribution < -0.4 is 9.62 Å². The lowest BCUT2D eigenvalue weighted by Crippen LogP contribution is -2.31. The van der Waals surface area contributed by atoms with Crippen molar-refractivity contribution in [2.75, 3.05) is 31.3 Å². The molecular weight excluding hydrogens is 324 g/mol. The molecule has 0 aliphatic rings. The van der Waals surface area contributed by atoms with Crippen LogP contribution in [0.1, 0.15) is 17.2 Å². The summed E-state index contributed by atoms with van der Waals surface area (Å²) in [7, 11) is 0.451. The third-order valence-electron chi connectivity index (χ3n) is 3.79. The van der Waals surface area contributed by atoms with Crippen molar-refractivity contribution in [3.63, 3.8) is 0 Å². The van der Waals surface area contributed by atoms with Crippen molar-refractivity contribution in [2.24, 2.45) is 0 Å². The Bertz CT molecular complexity index is 729. The number of rotatable bonds is 8. The minimum Gasteiger partial charge on any atom is -0.387 e. The van der Waals surface area contributed by atoms with Gasteiger partial charge >= 0.3 is 0 Å². The van der Waals surface area contributed by atoms with Crippen molar-refractivity contribution in [3.8, 4) is 0 Å². The molecule has 2 aromatic carbocycles. The largest absolute Gasteiger partial charge is 0.387 e. The van der Waals surface area contributed by atoms with Crippen LogP contribution in [0.15, 0.2) is 54.6 Å². The van der Waals surface area contributed by atoms with E-state index in [1.807, 2.05) is 61.5 Å². The van der Waals surface area contributed by atoms with E-state index in [0.717, 1.165) is 11.3 Å². The molecule has 0 aliphatic carbocycles. The van der Waals surface area contributed by atoms with Crippen LogP contribution in [-0.4, -0.2) is 39.9 Å². The number of hydrogen-bond acceptors (Lipinski definition) is 4. The first kappa shape index (κ1) is 18.4. The highest BCUT2D eigenvalue weighted by Gasteiger charge is 2.14. The van der Waals surface area contributed by atoms with Crippen LogP contribution in [0.2, 0.25) is 0 Å². The van der Waals surface area contributed by atoms with Gasteiger partial charge in [0.2, 0.25) is 10.0 Å². The fraction of sp³-hybridized carbons (Fsp3) is 0.333. The zero-order valence-corrected chi connectivity index (χ0v) is 14.8. The molecule has 0 aliphatic heterocycles. The van der Waals surface area contributed by atoms with E-state index in [-0.39, 0.29) is 12.3 Å². The summed E-state index contributed by atoms with van der Waals surface area (Å²) in [6, 6.07) is 16.9. The first-order valence-electron chi connectivity index (χ1n) is 7.84. The van der Waals surface area contributed by atoms with Crippen LogP contribution in [0.4, 0.5) is 5.69 Å². The van der Waals surface area contributed by atoms with E-state index in [1.165, 1.54) is 0 Å². The highest BCUT2D eigenvalue weighted by Crippen LogP contribution is 2.17. The summed E-state index contributed by atoms with van der Waals surface area (Å²) in [5.74, 6) is 0.00327. The van der Waals surface area contributed by atoms with E-state index in [1.54, 1.807) is 12.1 Å². The Morgan fingerprint density at radius 3 is 2.25 bits per heavy atom. The number of sulfonamides is 1. The minimum absolute atomic E-state index is 0.00327. The molecule has 0 amide bonds. The van der Waals surface area contributed by atoms with Crippen molar-refractivity contribution in [1.29, 1.82) is 0 Å². The molecule has 2 aromatic rings. The third kappa shape index (κ3) is 5.63. The first-order valence-corrected chi connectivity index (χ1v) is 9.49. The van der Waals surface area contributed by atoms with Crippen molar-refractivity contribution in [3.05, 3.63) is 65.7 Å². The molecular formula is C18H24N2O3S. The lowest BCUT2D eigenvalue weighted by molar-refractivity contribution is 0.182. The first-order chi connectivity index (χ1) is 11.4. The van der Waals surface area contributed by atoms with Gasteiger partial charge < -0.3 is 10.0 Å². The Labute approximate surface area is 144 Å². The molecule has 0 bridgehead atoms. The van der Waals surface area contributed by atoms with E-state index >= 15 is 0 Å². The standard InChI is InChI=1S/C18H24N2O3S/c1-20(2)17-10-8-16(9-11-17)18(21)14-19-24(22,23)13-12-15-6-4-3-5-7-15/h3-11,18-19,21H,12-14H2,1-2H3. The van der Waals surface area contributed by atoms with Crippen LogP contribution in [-0.2, 0) is 16.4 Å². The van der Waals surface area contributed by atoms with Gasteiger partial charge in [0.25, 0.3) is 0 Å². The Morgan fingerprint density at radius 1 is 1.04 bits per heavy atom. The summed E-state index contributed by atoms with van der Waals surface area (Å²) in [5.41, 5.74) is 2.68. The zero-order valence-electron chi connectivity index (χ0n) is 14.0. The Kier molecular flexibility index (Phi) is 6.36. The Morgan fingerprint density at radius 2 is 1.67 bits per heavy atom. The van der Waals surface area contributed by atoms with Crippen molar-refractivity contribution >= 4 is 15.7 Å². The van der Waals surface area contributed by atoms with Crippen LogP contribution in [0, 0.1) is 0 Å². The smallest absolute Gasteiger partial charge is 0.212 e. The molecule has 5 nitrogen and oxygen atoms in total. The van der Waals surface area contributed by atoms with E-state index in [2.05, 4.69) is 4.72 Å². The van der Waals surface area contributed by atoms with E-state index in [0.29, 0.717) is 12.0 Å². The van der Waals surface area contributed by atoms with E-state index < -0.39 is 16.1 Å². The van der Waals surface area contributed by atoms with Crippen molar-refractivity contribution in [2.45, 2.75) is 12.5 Å². The fourth-order valence-corrected chi connectivity index (χ4v) is 3.35. The molecule has 0 heterocycles.